The second-order valence-corrected chi connectivity index (χ2v) is 8.74. The van der Waals surface area contributed by atoms with Crippen molar-refractivity contribution in [2.24, 2.45) is 11.5 Å². The molecule has 5 N–H and O–H groups in total. The molecule has 3 aromatic carbocycles. The van der Waals surface area contributed by atoms with Crippen LogP contribution in [0.25, 0.3) is 16.5 Å². The maximum absolute atomic E-state index is 6.08. The first-order valence-electron chi connectivity index (χ1n) is 11.9. The van der Waals surface area contributed by atoms with E-state index in [1.165, 1.54) is 27.6 Å². The average molecular weight is 527 g/mol. The second kappa shape index (κ2) is 12.8. The first kappa shape index (κ1) is 27.6. The molecule has 0 amide bonds. The molecule has 36 heavy (non-hydrogen) atoms. The minimum atomic E-state index is 0. The Morgan fingerprint density at radius 2 is 1.39 bits per heavy atom. The molecule has 0 bridgehead atoms. The van der Waals surface area contributed by atoms with Gasteiger partial charge in [0.15, 0.2) is 0 Å². The van der Waals surface area contributed by atoms with Crippen LogP contribution in [0.15, 0.2) is 72.9 Å². The fraction of sp³-hybridized carbons (Fsp3) is 0.241. The van der Waals surface area contributed by atoms with E-state index in [4.69, 9.17) is 20.9 Å². The van der Waals surface area contributed by atoms with Gasteiger partial charge in [-0.25, -0.2) is 0 Å². The number of fused-ring (bicyclic) bond motifs is 2. The number of hydrogen-bond donors (Lipinski definition) is 3. The Kier molecular flexibility index (Phi) is 9.85. The highest BCUT2D eigenvalue weighted by atomic mass is 35.5. The predicted octanol–water partition coefficient (Wildman–Crippen LogP) is 5.96. The Morgan fingerprint density at radius 1 is 0.750 bits per heavy atom. The SMILES string of the molecule is Cl.Cl.NCCC1=CCc2ccc(OCc3ccc(COc4ccc5[nH]cc(CCN)c5c4)cc3)cc21. The molecule has 7 heteroatoms. The molecular formula is C29H33Cl2N3O2. The molecule has 5 nitrogen and oxygen atoms in total. The molecule has 0 radical (unpaired) electrons. The van der Waals surface area contributed by atoms with Crippen LogP contribution in [0.3, 0.4) is 0 Å². The topological polar surface area (TPSA) is 86.3 Å². The lowest BCUT2D eigenvalue weighted by atomic mass is 10.0. The van der Waals surface area contributed by atoms with Crippen LogP contribution >= 0.6 is 24.8 Å². The van der Waals surface area contributed by atoms with Crippen LogP contribution in [0.4, 0.5) is 0 Å². The fourth-order valence-corrected chi connectivity index (χ4v) is 4.53. The molecule has 0 aliphatic heterocycles. The summed E-state index contributed by atoms with van der Waals surface area (Å²) in [6.07, 6.45) is 7.05. The highest BCUT2D eigenvalue weighted by molar-refractivity contribution is 5.86. The molecule has 5 rings (SSSR count). The first-order chi connectivity index (χ1) is 16.7. The monoisotopic (exact) mass is 525 g/mol. The predicted molar refractivity (Wildman–Crippen MR) is 152 cm³/mol. The molecule has 1 aliphatic carbocycles. The van der Waals surface area contributed by atoms with Gasteiger partial charge in [-0.05, 0) is 96.1 Å². The molecule has 0 saturated heterocycles. The van der Waals surface area contributed by atoms with E-state index in [1.807, 2.05) is 12.3 Å². The Hall–Kier alpha value is -2.96. The minimum absolute atomic E-state index is 0. The van der Waals surface area contributed by atoms with Gasteiger partial charge in [0, 0.05) is 17.1 Å². The van der Waals surface area contributed by atoms with Gasteiger partial charge in [0.1, 0.15) is 24.7 Å². The molecule has 0 saturated carbocycles. The number of nitrogens with two attached hydrogens (primary N) is 2. The number of halogens is 2. The number of aromatic amines is 1. The van der Waals surface area contributed by atoms with Crippen molar-refractivity contribution in [2.45, 2.75) is 32.5 Å². The summed E-state index contributed by atoms with van der Waals surface area (Å²) in [5, 5.41) is 1.17. The number of hydrogen-bond acceptors (Lipinski definition) is 4. The summed E-state index contributed by atoms with van der Waals surface area (Å²) < 4.78 is 12.1. The molecule has 0 unspecified atom stereocenters. The van der Waals surface area contributed by atoms with Crippen molar-refractivity contribution < 1.29 is 9.47 Å². The second-order valence-electron chi connectivity index (χ2n) is 8.74. The number of nitrogens with one attached hydrogen (secondary N) is 1. The third-order valence-electron chi connectivity index (χ3n) is 6.40. The van der Waals surface area contributed by atoms with E-state index in [9.17, 15) is 0 Å². The maximum Gasteiger partial charge on any atom is 0.120 e. The van der Waals surface area contributed by atoms with Gasteiger partial charge in [0.25, 0.3) is 0 Å². The summed E-state index contributed by atoms with van der Waals surface area (Å²) >= 11 is 0. The Balaban J connectivity index is 0.00000180. The molecule has 0 spiro atoms. The van der Waals surface area contributed by atoms with Gasteiger partial charge in [0.05, 0.1) is 0 Å². The normalized spacial score (nSPS) is 11.9. The lowest BCUT2D eigenvalue weighted by Gasteiger charge is -2.11. The third kappa shape index (κ3) is 6.23. The van der Waals surface area contributed by atoms with E-state index in [1.54, 1.807) is 0 Å². The largest absolute Gasteiger partial charge is 0.489 e. The molecule has 0 atom stereocenters. The van der Waals surface area contributed by atoms with E-state index in [0.29, 0.717) is 26.3 Å². The van der Waals surface area contributed by atoms with Crippen LogP contribution in [0, 0.1) is 0 Å². The Labute approximate surface area is 224 Å². The summed E-state index contributed by atoms with van der Waals surface area (Å²) in [6.45, 7) is 2.35. The van der Waals surface area contributed by atoms with E-state index < -0.39 is 0 Å². The molecule has 0 fully saturated rings. The van der Waals surface area contributed by atoms with Crippen molar-refractivity contribution in [2.75, 3.05) is 13.1 Å². The van der Waals surface area contributed by atoms with Gasteiger partial charge < -0.3 is 25.9 Å². The zero-order valence-electron chi connectivity index (χ0n) is 20.2. The number of aromatic nitrogens is 1. The number of rotatable bonds is 10. The lowest BCUT2D eigenvalue weighted by molar-refractivity contribution is 0.303. The van der Waals surface area contributed by atoms with E-state index in [0.717, 1.165) is 47.4 Å². The van der Waals surface area contributed by atoms with Gasteiger partial charge in [-0.1, -0.05) is 36.4 Å². The van der Waals surface area contributed by atoms with Gasteiger partial charge in [-0.3, -0.25) is 0 Å². The van der Waals surface area contributed by atoms with E-state index >= 15 is 0 Å². The Bertz CT molecular complexity index is 1320. The maximum atomic E-state index is 6.08. The van der Waals surface area contributed by atoms with Crippen molar-refractivity contribution in [3.8, 4) is 11.5 Å². The quantitative estimate of drug-likeness (QED) is 0.238. The molecular weight excluding hydrogens is 493 g/mol. The number of ether oxygens (including phenoxy) is 2. The van der Waals surface area contributed by atoms with Crippen molar-refractivity contribution >= 4 is 41.3 Å². The lowest BCUT2D eigenvalue weighted by Crippen LogP contribution is -2.02. The highest BCUT2D eigenvalue weighted by Crippen LogP contribution is 2.32. The standard InChI is InChI=1S/C29H31N3O2.2ClH/c30-13-11-23-6-5-22-7-8-25(15-27(22)23)33-18-20-1-3-21(4-2-20)19-34-26-9-10-29-28(16-26)24(12-14-31)17-32-29;;/h1-4,6-10,15-17,32H,5,11-14,18-19,30-31H2;2*1H. The van der Waals surface area contributed by atoms with Crippen LogP contribution in [0.5, 0.6) is 11.5 Å². The van der Waals surface area contributed by atoms with E-state index in [2.05, 4.69) is 65.7 Å². The van der Waals surface area contributed by atoms with Crippen molar-refractivity contribution in [3.05, 3.63) is 101 Å². The highest BCUT2D eigenvalue weighted by Gasteiger charge is 2.14. The summed E-state index contributed by atoms with van der Waals surface area (Å²) in [5.74, 6) is 1.75. The molecule has 1 aliphatic rings. The zero-order valence-corrected chi connectivity index (χ0v) is 21.8. The molecule has 1 aromatic heterocycles. The summed E-state index contributed by atoms with van der Waals surface area (Å²) in [5.41, 5.74) is 20.0. The Morgan fingerprint density at radius 3 is 2.06 bits per heavy atom. The summed E-state index contributed by atoms with van der Waals surface area (Å²) in [7, 11) is 0. The smallest absolute Gasteiger partial charge is 0.120 e. The van der Waals surface area contributed by atoms with Crippen LogP contribution < -0.4 is 20.9 Å². The van der Waals surface area contributed by atoms with Gasteiger partial charge >= 0.3 is 0 Å². The fourth-order valence-electron chi connectivity index (χ4n) is 4.53. The van der Waals surface area contributed by atoms with Crippen molar-refractivity contribution in [3.63, 3.8) is 0 Å². The summed E-state index contributed by atoms with van der Waals surface area (Å²) in [6, 6.07) is 20.9. The molecule has 1 heterocycles. The third-order valence-corrected chi connectivity index (χ3v) is 6.40. The van der Waals surface area contributed by atoms with Gasteiger partial charge in [0.2, 0.25) is 0 Å². The van der Waals surface area contributed by atoms with Crippen LogP contribution in [-0.4, -0.2) is 18.1 Å². The van der Waals surface area contributed by atoms with E-state index in [-0.39, 0.29) is 24.8 Å². The van der Waals surface area contributed by atoms with Crippen LogP contribution in [0.1, 0.15) is 34.2 Å². The van der Waals surface area contributed by atoms with Crippen molar-refractivity contribution in [1.29, 1.82) is 0 Å². The van der Waals surface area contributed by atoms with Crippen LogP contribution in [-0.2, 0) is 26.1 Å². The summed E-state index contributed by atoms with van der Waals surface area (Å²) in [4.78, 5) is 3.29. The molecule has 190 valence electrons. The van der Waals surface area contributed by atoms with Gasteiger partial charge in [-0.2, -0.15) is 0 Å². The minimum Gasteiger partial charge on any atom is -0.489 e. The van der Waals surface area contributed by atoms with Crippen LogP contribution in [0.2, 0.25) is 0 Å². The van der Waals surface area contributed by atoms with Crippen molar-refractivity contribution in [1.82, 2.24) is 4.98 Å². The van der Waals surface area contributed by atoms with Gasteiger partial charge in [-0.15, -0.1) is 24.8 Å². The zero-order chi connectivity index (χ0) is 23.3. The number of allylic oxidation sites excluding steroid dienone is 1. The number of H-pyrrole nitrogens is 1. The average Bonchev–Trinajstić information content (AvgIpc) is 3.46. The number of benzene rings is 3. The molecule has 4 aromatic rings. The first-order valence-corrected chi connectivity index (χ1v) is 11.9.